The summed E-state index contributed by atoms with van der Waals surface area (Å²) in [5.74, 6) is -0.784. The fourth-order valence-electron chi connectivity index (χ4n) is 1.99. The Balaban J connectivity index is 1.71. The van der Waals surface area contributed by atoms with Gasteiger partial charge in [-0.1, -0.05) is 12.1 Å². The molecule has 126 valence electrons. The molecule has 2 aromatic rings. The Bertz CT molecular complexity index is 700. The van der Waals surface area contributed by atoms with Crippen LogP contribution in [0.5, 0.6) is 11.5 Å². The maximum Gasteiger partial charge on any atom is 0.311 e. The zero-order valence-corrected chi connectivity index (χ0v) is 13.3. The summed E-state index contributed by atoms with van der Waals surface area (Å²) in [6.07, 6.45) is 0.512. The van der Waals surface area contributed by atoms with Gasteiger partial charge in [-0.3, -0.25) is 9.59 Å². The molecule has 0 saturated heterocycles. The lowest BCUT2D eigenvalue weighted by atomic mass is 10.2. The number of benzene rings is 2. The molecule has 0 aliphatic heterocycles. The summed E-state index contributed by atoms with van der Waals surface area (Å²) in [4.78, 5) is 23.4. The van der Waals surface area contributed by atoms with Crippen LogP contribution in [0.2, 0.25) is 0 Å². The highest BCUT2D eigenvalue weighted by atomic mass is 19.1. The molecule has 1 amide bonds. The summed E-state index contributed by atoms with van der Waals surface area (Å²) < 4.78 is 23.3. The molecule has 0 aliphatic carbocycles. The van der Waals surface area contributed by atoms with Gasteiger partial charge in [-0.15, -0.1) is 0 Å². The predicted octanol–water partition coefficient (Wildman–Crippen LogP) is 3.55. The van der Waals surface area contributed by atoms with E-state index in [0.29, 0.717) is 17.9 Å². The summed E-state index contributed by atoms with van der Waals surface area (Å²) in [5, 5.41) is 2.72. The molecule has 2 rings (SSSR count). The van der Waals surface area contributed by atoms with Crippen LogP contribution < -0.4 is 14.8 Å². The van der Waals surface area contributed by atoms with E-state index in [1.807, 2.05) is 0 Å². The second-order valence-corrected chi connectivity index (χ2v) is 5.03. The smallest absolute Gasteiger partial charge is 0.311 e. The maximum absolute atomic E-state index is 13.3. The van der Waals surface area contributed by atoms with Gasteiger partial charge in [0.1, 0.15) is 5.75 Å². The molecule has 0 fully saturated rings. The van der Waals surface area contributed by atoms with E-state index < -0.39 is 11.8 Å². The van der Waals surface area contributed by atoms with Gasteiger partial charge < -0.3 is 14.8 Å². The number of nitrogens with one attached hydrogen (secondary N) is 1. The van der Waals surface area contributed by atoms with Crippen LogP contribution in [-0.2, 0) is 9.59 Å². The number of hydrogen-bond acceptors (Lipinski definition) is 4. The van der Waals surface area contributed by atoms with Crippen LogP contribution in [0.4, 0.5) is 10.1 Å². The number of carbonyl (C=O) groups excluding carboxylic acids is 2. The number of para-hydroxylation sites is 1. The molecule has 5 nitrogen and oxygen atoms in total. The van der Waals surface area contributed by atoms with Crippen LogP contribution in [0.3, 0.4) is 0 Å². The van der Waals surface area contributed by atoms with E-state index in [0.717, 1.165) is 0 Å². The average molecular weight is 331 g/mol. The minimum absolute atomic E-state index is 0.0321. The van der Waals surface area contributed by atoms with E-state index in [1.165, 1.54) is 18.2 Å². The van der Waals surface area contributed by atoms with E-state index >= 15 is 0 Å². The van der Waals surface area contributed by atoms with Crippen LogP contribution in [0.15, 0.2) is 48.5 Å². The van der Waals surface area contributed by atoms with Crippen molar-refractivity contribution in [1.82, 2.24) is 0 Å². The number of amides is 1. The first-order chi connectivity index (χ1) is 11.6. The fourth-order valence-corrected chi connectivity index (χ4v) is 1.99. The largest absolute Gasteiger partial charge is 0.497 e. The van der Waals surface area contributed by atoms with Gasteiger partial charge in [0, 0.05) is 18.5 Å². The summed E-state index contributed by atoms with van der Waals surface area (Å²) in [5.41, 5.74) is 0.648. The Kier molecular flexibility index (Phi) is 6.31. The molecule has 0 aromatic heterocycles. The second-order valence-electron chi connectivity index (χ2n) is 5.03. The third-order valence-corrected chi connectivity index (χ3v) is 3.22. The molecule has 24 heavy (non-hydrogen) atoms. The third kappa shape index (κ3) is 5.39. The van der Waals surface area contributed by atoms with Gasteiger partial charge in [0.15, 0.2) is 11.6 Å². The van der Waals surface area contributed by atoms with Crippen molar-refractivity contribution in [3.63, 3.8) is 0 Å². The van der Waals surface area contributed by atoms with E-state index in [1.54, 1.807) is 37.4 Å². The minimum Gasteiger partial charge on any atom is -0.497 e. The summed E-state index contributed by atoms with van der Waals surface area (Å²) in [6.45, 7) is 0. The van der Waals surface area contributed by atoms with Gasteiger partial charge in [0.05, 0.1) is 7.11 Å². The molecule has 0 aliphatic rings. The molecule has 0 bridgehead atoms. The van der Waals surface area contributed by atoms with Crippen LogP contribution in [0.25, 0.3) is 0 Å². The van der Waals surface area contributed by atoms with Crippen molar-refractivity contribution in [3.8, 4) is 11.5 Å². The number of halogens is 1. The summed E-state index contributed by atoms with van der Waals surface area (Å²) in [6, 6.07) is 12.6. The molecule has 0 spiro atoms. The molecule has 0 atom stereocenters. The molecule has 0 radical (unpaired) electrons. The van der Waals surface area contributed by atoms with Crippen LogP contribution in [-0.4, -0.2) is 19.0 Å². The predicted molar refractivity (Wildman–Crippen MR) is 87.5 cm³/mol. The van der Waals surface area contributed by atoms with Crippen molar-refractivity contribution < 1.29 is 23.5 Å². The van der Waals surface area contributed by atoms with Gasteiger partial charge in [-0.05, 0) is 42.8 Å². The first-order valence-electron chi connectivity index (χ1n) is 7.47. The number of ether oxygens (including phenoxy) is 2. The Hall–Kier alpha value is -2.89. The normalized spacial score (nSPS) is 10.1. The summed E-state index contributed by atoms with van der Waals surface area (Å²) in [7, 11) is 1.56. The van der Waals surface area contributed by atoms with Gasteiger partial charge in [-0.2, -0.15) is 0 Å². The van der Waals surface area contributed by atoms with Gasteiger partial charge in [0.25, 0.3) is 0 Å². The van der Waals surface area contributed by atoms with Crippen molar-refractivity contribution in [3.05, 3.63) is 54.3 Å². The van der Waals surface area contributed by atoms with Gasteiger partial charge >= 0.3 is 5.97 Å². The lowest BCUT2D eigenvalue weighted by Crippen LogP contribution is -2.13. The lowest BCUT2D eigenvalue weighted by Gasteiger charge is -2.07. The number of methoxy groups -OCH3 is 1. The number of hydrogen-bond donors (Lipinski definition) is 1. The lowest BCUT2D eigenvalue weighted by molar-refractivity contribution is -0.134. The molecular weight excluding hydrogens is 313 g/mol. The van der Waals surface area contributed by atoms with E-state index in [-0.39, 0.29) is 24.5 Å². The fraction of sp³-hybridized carbons (Fsp3) is 0.222. The average Bonchev–Trinajstić information content (AvgIpc) is 2.57. The Morgan fingerprint density at radius 1 is 1.04 bits per heavy atom. The molecule has 2 aromatic carbocycles. The first-order valence-corrected chi connectivity index (χ1v) is 7.47. The summed E-state index contributed by atoms with van der Waals surface area (Å²) >= 11 is 0. The zero-order chi connectivity index (χ0) is 17.4. The monoisotopic (exact) mass is 331 g/mol. The molecular formula is C18H18FNO4. The Labute approximate surface area is 139 Å². The van der Waals surface area contributed by atoms with Crippen LogP contribution in [0.1, 0.15) is 19.3 Å². The standard InChI is InChI=1S/C18H18FNO4/c1-23-14-11-9-13(10-12-14)20-17(21)7-4-8-18(22)24-16-6-3-2-5-15(16)19/h2-3,5-6,9-12H,4,7-8H2,1H3,(H,20,21). The molecule has 1 N–H and O–H groups in total. The Morgan fingerprint density at radius 2 is 1.75 bits per heavy atom. The first kappa shape index (κ1) is 17.5. The van der Waals surface area contributed by atoms with Crippen molar-refractivity contribution in [2.24, 2.45) is 0 Å². The molecule has 0 saturated carbocycles. The van der Waals surface area contributed by atoms with Crippen LogP contribution >= 0.6 is 0 Å². The second kappa shape index (κ2) is 8.67. The zero-order valence-electron chi connectivity index (χ0n) is 13.3. The van der Waals surface area contributed by atoms with E-state index in [9.17, 15) is 14.0 Å². The van der Waals surface area contributed by atoms with E-state index in [4.69, 9.17) is 9.47 Å². The quantitative estimate of drug-likeness (QED) is 0.622. The molecule has 0 heterocycles. The number of esters is 1. The topological polar surface area (TPSA) is 64.6 Å². The molecule has 6 heteroatoms. The number of carbonyl (C=O) groups is 2. The van der Waals surface area contributed by atoms with Crippen molar-refractivity contribution in [2.45, 2.75) is 19.3 Å². The molecule has 0 unspecified atom stereocenters. The third-order valence-electron chi connectivity index (χ3n) is 3.22. The Morgan fingerprint density at radius 3 is 2.42 bits per heavy atom. The SMILES string of the molecule is COc1ccc(NC(=O)CCCC(=O)Oc2ccccc2F)cc1. The highest BCUT2D eigenvalue weighted by Crippen LogP contribution is 2.17. The number of rotatable bonds is 7. The van der Waals surface area contributed by atoms with Crippen molar-refractivity contribution >= 4 is 17.6 Å². The minimum atomic E-state index is -0.594. The van der Waals surface area contributed by atoms with Crippen LogP contribution in [0, 0.1) is 5.82 Å². The highest BCUT2D eigenvalue weighted by molar-refractivity contribution is 5.90. The van der Waals surface area contributed by atoms with Crippen molar-refractivity contribution in [1.29, 1.82) is 0 Å². The van der Waals surface area contributed by atoms with E-state index in [2.05, 4.69) is 5.32 Å². The maximum atomic E-state index is 13.3. The van der Waals surface area contributed by atoms with Crippen molar-refractivity contribution in [2.75, 3.05) is 12.4 Å². The van der Waals surface area contributed by atoms with Gasteiger partial charge in [0.2, 0.25) is 5.91 Å². The van der Waals surface area contributed by atoms with Gasteiger partial charge in [-0.25, -0.2) is 4.39 Å². The highest BCUT2D eigenvalue weighted by Gasteiger charge is 2.10. The number of anilines is 1.